The molecule has 0 aromatic carbocycles. The van der Waals surface area contributed by atoms with E-state index < -0.39 is 10.0 Å². The molecule has 8 heteroatoms. The predicted octanol–water partition coefficient (Wildman–Crippen LogP) is 3.00. The van der Waals surface area contributed by atoms with Gasteiger partial charge in [0.2, 0.25) is 21.8 Å². The van der Waals surface area contributed by atoms with Crippen molar-refractivity contribution in [2.45, 2.75) is 108 Å². The molecule has 2 aliphatic heterocycles. The third-order valence-corrected chi connectivity index (χ3v) is 11.9. The van der Waals surface area contributed by atoms with E-state index in [4.69, 9.17) is 0 Å². The first kappa shape index (κ1) is 23.3. The van der Waals surface area contributed by atoms with E-state index in [1.54, 1.807) is 4.31 Å². The van der Waals surface area contributed by atoms with Gasteiger partial charge in [-0.3, -0.25) is 9.59 Å². The van der Waals surface area contributed by atoms with Gasteiger partial charge in [0.05, 0.1) is 17.8 Å². The Morgan fingerprint density at radius 2 is 1.41 bits per heavy atom. The lowest BCUT2D eigenvalue weighted by molar-refractivity contribution is -0.157. The van der Waals surface area contributed by atoms with Gasteiger partial charge in [-0.1, -0.05) is 0 Å². The summed E-state index contributed by atoms with van der Waals surface area (Å²) in [5.74, 6) is 2.64. The number of nitrogens with zero attached hydrogens (tertiary/aromatic N) is 3. The van der Waals surface area contributed by atoms with Crippen molar-refractivity contribution in [3.63, 3.8) is 0 Å². The van der Waals surface area contributed by atoms with Crippen LogP contribution in [-0.2, 0) is 19.6 Å². The fourth-order valence-electron chi connectivity index (χ4n) is 7.75. The zero-order valence-electron chi connectivity index (χ0n) is 20.6. The molecule has 2 saturated heterocycles. The minimum Gasteiger partial charge on any atom is -0.335 e. The van der Waals surface area contributed by atoms with E-state index in [1.807, 2.05) is 0 Å². The van der Waals surface area contributed by atoms with Crippen LogP contribution in [0.25, 0.3) is 0 Å². The van der Waals surface area contributed by atoms with Gasteiger partial charge in [-0.05, 0) is 95.8 Å². The molecule has 7 nitrogen and oxygen atoms in total. The van der Waals surface area contributed by atoms with E-state index in [0.717, 1.165) is 77.0 Å². The van der Waals surface area contributed by atoms with E-state index in [2.05, 4.69) is 16.7 Å². The standard InChI is InChI=1S/C26H41N3O4S/c1-17-16-27(25(30)19-3-4-19)24-15-21(9-12-23(24)29(17)26(31)20-5-6-20)18-7-10-22(11-8-18)28-13-2-14-34(28,32)33/h17-24H,2-16H2,1H3/t17-,18?,21?,22?,23?,24?/m0/s1. The van der Waals surface area contributed by atoms with Crippen LogP contribution in [0.15, 0.2) is 0 Å². The maximum atomic E-state index is 13.3. The zero-order chi connectivity index (χ0) is 23.6. The number of piperazine rings is 1. The van der Waals surface area contributed by atoms with Gasteiger partial charge < -0.3 is 9.80 Å². The van der Waals surface area contributed by atoms with Gasteiger partial charge in [-0.25, -0.2) is 8.42 Å². The molecule has 4 aliphatic carbocycles. The van der Waals surface area contributed by atoms with Crippen molar-refractivity contribution < 1.29 is 18.0 Å². The SMILES string of the molecule is C[C@H]1CN(C(=O)C2CC2)C2CC(C3CCC(N4CCCS4(=O)=O)CC3)CCC2N1C(=O)C1CC1. The Bertz CT molecular complexity index is 922. The topological polar surface area (TPSA) is 78.0 Å². The summed E-state index contributed by atoms with van der Waals surface area (Å²) in [7, 11) is -3.03. The van der Waals surface area contributed by atoms with Gasteiger partial charge in [0.1, 0.15) is 0 Å². The molecule has 0 spiro atoms. The number of hydrogen-bond donors (Lipinski definition) is 0. The van der Waals surface area contributed by atoms with Gasteiger partial charge in [0, 0.05) is 37.0 Å². The molecule has 6 aliphatic rings. The van der Waals surface area contributed by atoms with Crippen molar-refractivity contribution in [1.29, 1.82) is 0 Å². The van der Waals surface area contributed by atoms with Crippen molar-refractivity contribution in [2.24, 2.45) is 23.7 Å². The number of amides is 2. The third kappa shape index (κ3) is 4.21. The molecule has 4 atom stereocenters. The van der Waals surface area contributed by atoms with Crippen LogP contribution >= 0.6 is 0 Å². The fraction of sp³-hybridized carbons (Fsp3) is 0.923. The summed E-state index contributed by atoms with van der Waals surface area (Å²) in [5, 5.41) is 0. The highest BCUT2D eigenvalue weighted by molar-refractivity contribution is 7.89. The fourth-order valence-corrected chi connectivity index (χ4v) is 9.56. The highest BCUT2D eigenvalue weighted by atomic mass is 32.2. The monoisotopic (exact) mass is 491 g/mol. The molecule has 6 rings (SSSR count). The van der Waals surface area contributed by atoms with Crippen molar-refractivity contribution in [3.05, 3.63) is 0 Å². The Hall–Kier alpha value is -1.15. The second-order valence-electron chi connectivity index (χ2n) is 12.2. The van der Waals surface area contributed by atoms with Crippen LogP contribution in [0.3, 0.4) is 0 Å². The van der Waals surface area contributed by atoms with Crippen LogP contribution in [0, 0.1) is 23.7 Å². The molecule has 0 N–H and O–H groups in total. The van der Waals surface area contributed by atoms with Gasteiger partial charge >= 0.3 is 0 Å². The van der Waals surface area contributed by atoms with Crippen molar-refractivity contribution in [2.75, 3.05) is 18.8 Å². The van der Waals surface area contributed by atoms with Crippen LogP contribution in [-0.4, -0.2) is 77.3 Å². The van der Waals surface area contributed by atoms with Gasteiger partial charge in [-0.15, -0.1) is 0 Å². The predicted molar refractivity (Wildman–Crippen MR) is 129 cm³/mol. The Labute approximate surface area is 204 Å². The van der Waals surface area contributed by atoms with E-state index in [0.29, 0.717) is 42.5 Å². The van der Waals surface area contributed by atoms with Crippen LogP contribution in [0.4, 0.5) is 0 Å². The molecule has 3 unspecified atom stereocenters. The second-order valence-corrected chi connectivity index (χ2v) is 14.2. The number of rotatable bonds is 4. The maximum Gasteiger partial charge on any atom is 0.226 e. The molecule has 0 bridgehead atoms. The largest absolute Gasteiger partial charge is 0.335 e. The minimum atomic E-state index is -3.03. The third-order valence-electron chi connectivity index (χ3n) is 9.86. The van der Waals surface area contributed by atoms with Crippen LogP contribution in [0.5, 0.6) is 0 Å². The molecule has 34 heavy (non-hydrogen) atoms. The van der Waals surface area contributed by atoms with Gasteiger partial charge in [-0.2, -0.15) is 4.31 Å². The molecular formula is C26H41N3O4S. The molecule has 0 radical (unpaired) electrons. The quantitative estimate of drug-likeness (QED) is 0.606. The summed E-state index contributed by atoms with van der Waals surface area (Å²) in [5.41, 5.74) is 0. The molecule has 6 fully saturated rings. The number of sulfonamides is 1. The van der Waals surface area contributed by atoms with Crippen LogP contribution in [0.1, 0.15) is 84.0 Å². The summed E-state index contributed by atoms with van der Waals surface area (Å²) in [6, 6.07) is 0.658. The number of carbonyl (C=O) groups is 2. The number of fused-ring (bicyclic) bond motifs is 1. The average molecular weight is 492 g/mol. The summed E-state index contributed by atoms with van der Waals surface area (Å²) in [4.78, 5) is 30.9. The first-order valence-electron chi connectivity index (χ1n) is 14.0. The lowest BCUT2D eigenvalue weighted by Crippen LogP contribution is -2.67. The van der Waals surface area contributed by atoms with Gasteiger partial charge in [0.25, 0.3) is 0 Å². The van der Waals surface area contributed by atoms with Gasteiger partial charge in [0.15, 0.2) is 0 Å². The van der Waals surface area contributed by atoms with Crippen molar-refractivity contribution in [3.8, 4) is 0 Å². The summed E-state index contributed by atoms with van der Waals surface area (Å²) in [6.07, 6.45) is 12.2. The van der Waals surface area contributed by atoms with Crippen molar-refractivity contribution >= 4 is 21.8 Å². The first-order chi connectivity index (χ1) is 16.3. The number of carbonyl (C=O) groups excluding carboxylic acids is 2. The maximum absolute atomic E-state index is 13.3. The highest BCUT2D eigenvalue weighted by Gasteiger charge is 2.51. The van der Waals surface area contributed by atoms with Crippen molar-refractivity contribution in [1.82, 2.24) is 14.1 Å². The van der Waals surface area contributed by atoms with Crippen LogP contribution in [0.2, 0.25) is 0 Å². The molecular weight excluding hydrogens is 450 g/mol. The molecule has 0 aromatic heterocycles. The lowest BCUT2D eigenvalue weighted by atomic mass is 9.68. The average Bonchev–Trinajstić information content (AvgIpc) is 3.74. The van der Waals surface area contributed by atoms with E-state index >= 15 is 0 Å². The molecule has 4 saturated carbocycles. The Balaban J connectivity index is 1.15. The van der Waals surface area contributed by atoms with E-state index in [1.165, 1.54) is 0 Å². The Kier molecular flexibility index (Phi) is 5.99. The summed E-state index contributed by atoms with van der Waals surface area (Å²) in [6.45, 7) is 3.54. The Morgan fingerprint density at radius 1 is 0.765 bits per heavy atom. The molecule has 190 valence electrons. The molecule has 2 heterocycles. The summed E-state index contributed by atoms with van der Waals surface area (Å²) >= 11 is 0. The first-order valence-corrected chi connectivity index (χ1v) is 15.6. The van der Waals surface area contributed by atoms with E-state index in [-0.39, 0.29) is 36.0 Å². The molecule has 2 amide bonds. The Morgan fingerprint density at radius 3 is 2.03 bits per heavy atom. The van der Waals surface area contributed by atoms with Crippen LogP contribution < -0.4 is 0 Å². The molecule has 0 aromatic rings. The lowest BCUT2D eigenvalue weighted by Gasteiger charge is -2.55. The smallest absolute Gasteiger partial charge is 0.226 e. The highest BCUT2D eigenvalue weighted by Crippen LogP contribution is 2.46. The summed E-state index contributed by atoms with van der Waals surface area (Å²) < 4.78 is 26.6. The minimum absolute atomic E-state index is 0.117. The number of hydrogen-bond acceptors (Lipinski definition) is 4. The van der Waals surface area contributed by atoms with E-state index in [9.17, 15) is 18.0 Å². The zero-order valence-corrected chi connectivity index (χ0v) is 21.4. The second kappa shape index (κ2) is 8.75. The normalized spacial score (nSPS) is 40.7.